The lowest BCUT2D eigenvalue weighted by atomic mass is 9.96. The van der Waals surface area contributed by atoms with Crippen LogP contribution in [0.1, 0.15) is 46.1 Å². The van der Waals surface area contributed by atoms with Gasteiger partial charge in [-0.1, -0.05) is 52.3 Å². The molecular weight excluding hydrogens is 506 g/mol. The molecule has 0 aliphatic carbocycles. The molecule has 2 aromatic rings. The van der Waals surface area contributed by atoms with Gasteiger partial charge < -0.3 is 31.8 Å². The van der Waals surface area contributed by atoms with Crippen molar-refractivity contribution in [3.63, 3.8) is 0 Å². The highest BCUT2D eigenvalue weighted by Crippen LogP contribution is 2.19. The summed E-state index contributed by atoms with van der Waals surface area (Å²) in [6.45, 7) is 7.08. The van der Waals surface area contributed by atoms with E-state index in [1.807, 2.05) is 50.6 Å². The third kappa shape index (κ3) is 8.49. The number of carboxylic acids is 1. The molecule has 0 saturated carbocycles. The van der Waals surface area contributed by atoms with E-state index in [9.17, 15) is 24.3 Å². The summed E-state index contributed by atoms with van der Waals surface area (Å²) < 4.78 is 0. The minimum absolute atomic E-state index is 0.262. The Morgan fingerprint density at radius 3 is 2.26 bits per heavy atom. The van der Waals surface area contributed by atoms with Crippen molar-refractivity contribution >= 4 is 46.4 Å². The van der Waals surface area contributed by atoms with E-state index in [4.69, 9.17) is 5.73 Å². The van der Waals surface area contributed by atoms with Crippen LogP contribution in [-0.2, 0) is 25.6 Å². The zero-order valence-electron chi connectivity index (χ0n) is 22.7. The lowest BCUT2D eigenvalue weighted by Gasteiger charge is -2.28. The van der Waals surface area contributed by atoms with Crippen LogP contribution >= 0.6 is 11.8 Å². The molecule has 1 aromatic carbocycles. The Bertz CT molecular complexity index is 1100. The number of fused-ring (bicyclic) bond motifs is 1. The van der Waals surface area contributed by atoms with Gasteiger partial charge in [0.05, 0.1) is 6.04 Å². The number of aromatic nitrogens is 1. The highest BCUT2D eigenvalue weighted by atomic mass is 32.2. The molecule has 1 heterocycles. The molecule has 0 spiro atoms. The van der Waals surface area contributed by atoms with Crippen LogP contribution in [-0.4, -0.2) is 70.0 Å². The number of rotatable bonds is 15. The first-order valence-corrected chi connectivity index (χ1v) is 14.3. The lowest BCUT2D eigenvalue weighted by molar-refractivity contribution is -0.144. The summed E-state index contributed by atoms with van der Waals surface area (Å²) in [7, 11) is 0. The van der Waals surface area contributed by atoms with E-state index in [0.717, 1.165) is 16.5 Å². The third-order valence-corrected chi connectivity index (χ3v) is 7.36. The largest absolute Gasteiger partial charge is 0.480 e. The van der Waals surface area contributed by atoms with Crippen LogP contribution in [0.3, 0.4) is 0 Å². The Morgan fingerprint density at radius 1 is 1.00 bits per heavy atom. The highest BCUT2D eigenvalue weighted by Gasteiger charge is 2.33. The first-order valence-electron chi connectivity index (χ1n) is 12.9. The molecule has 0 aliphatic rings. The van der Waals surface area contributed by atoms with Crippen LogP contribution in [0.2, 0.25) is 0 Å². The van der Waals surface area contributed by atoms with Gasteiger partial charge in [-0.25, -0.2) is 4.79 Å². The van der Waals surface area contributed by atoms with Crippen molar-refractivity contribution in [1.29, 1.82) is 0 Å². The van der Waals surface area contributed by atoms with Gasteiger partial charge in [0.2, 0.25) is 17.7 Å². The molecule has 1 aromatic heterocycles. The first-order chi connectivity index (χ1) is 18.0. The van der Waals surface area contributed by atoms with Crippen molar-refractivity contribution in [3.8, 4) is 0 Å². The Hall–Kier alpha value is -3.05. The fourth-order valence-electron chi connectivity index (χ4n) is 4.13. The number of nitrogens with one attached hydrogen (secondary N) is 4. The molecule has 5 unspecified atom stereocenters. The van der Waals surface area contributed by atoms with E-state index in [-0.39, 0.29) is 18.3 Å². The minimum atomic E-state index is -1.14. The zero-order valence-corrected chi connectivity index (χ0v) is 23.6. The minimum Gasteiger partial charge on any atom is -0.480 e. The van der Waals surface area contributed by atoms with Gasteiger partial charge in [0, 0.05) is 17.1 Å². The molecule has 0 saturated heterocycles. The predicted molar refractivity (Wildman–Crippen MR) is 151 cm³/mol. The molecule has 0 fully saturated rings. The van der Waals surface area contributed by atoms with Crippen LogP contribution in [0.15, 0.2) is 30.5 Å². The zero-order chi connectivity index (χ0) is 28.4. The summed E-state index contributed by atoms with van der Waals surface area (Å²) in [6.07, 6.45) is 4.93. The number of benzene rings is 1. The summed E-state index contributed by atoms with van der Waals surface area (Å²) in [5, 5.41) is 18.5. The fourth-order valence-corrected chi connectivity index (χ4v) is 4.60. The van der Waals surface area contributed by atoms with Crippen molar-refractivity contribution in [2.45, 2.75) is 71.1 Å². The van der Waals surface area contributed by atoms with Crippen molar-refractivity contribution in [2.24, 2.45) is 17.6 Å². The van der Waals surface area contributed by atoms with Crippen molar-refractivity contribution < 1.29 is 24.3 Å². The van der Waals surface area contributed by atoms with E-state index < -0.39 is 47.9 Å². The van der Waals surface area contributed by atoms with Crippen molar-refractivity contribution in [2.75, 3.05) is 12.0 Å². The average molecular weight is 548 g/mol. The van der Waals surface area contributed by atoms with E-state index in [2.05, 4.69) is 20.9 Å². The Labute approximate surface area is 228 Å². The van der Waals surface area contributed by atoms with Gasteiger partial charge in [0.1, 0.15) is 18.1 Å². The van der Waals surface area contributed by atoms with Gasteiger partial charge >= 0.3 is 5.97 Å². The van der Waals surface area contributed by atoms with Crippen LogP contribution in [0.25, 0.3) is 10.9 Å². The number of carboxylic acid groups (broad SMARTS) is 1. The van der Waals surface area contributed by atoms with Gasteiger partial charge in [0.25, 0.3) is 0 Å². The van der Waals surface area contributed by atoms with E-state index in [0.29, 0.717) is 18.6 Å². The quantitative estimate of drug-likeness (QED) is 0.198. The highest BCUT2D eigenvalue weighted by molar-refractivity contribution is 7.98. The number of hydrogen-bond acceptors (Lipinski definition) is 6. The van der Waals surface area contributed by atoms with Crippen LogP contribution in [0, 0.1) is 11.8 Å². The van der Waals surface area contributed by atoms with Gasteiger partial charge in [-0.2, -0.15) is 11.8 Å². The molecule has 0 aliphatic heterocycles. The number of thioether (sulfide) groups is 1. The van der Waals surface area contributed by atoms with Gasteiger partial charge in [0.15, 0.2) is 0 Å². The lowest BCUT2D eigenvalue weighted by Crippen LogP contribution is -2.59. The van der Waals surface area contributed by atoms with Crippen LogP contribution in [0.5, 0.6) is 0 Å². The van der Waals surface area contributed by atoms with Gasteiger partial charge in [-0.15, -0.1) is 0 Å². The Morgan fingerprint density at radius 2 is 1.66 bits per heavy atom. The second kappa shape index (κ2) is 14.8. The molecule has 0 radical (unpaired) electrons. The number of aliphatic carboxylic acids is 1. The third-order valence-electron chi connectivity index (χ3n) is 6.72. The molecular formula is C27H41N5O5S. The maximum absolute atomic E-state index is 13.3. The first kappa shape index (κ1) is 31.2. The number of nitrogens with two attached hydrogens (primary N) is 1. The molecule has 11 heteroatoms. The van der Waals surface area contributed by atoms with E-state index in [1.54, 1.807) is 13.8 Å². The maximum Gasteiger partial charge on any atom is 0.326 e. The fraction of sp³-hybridized carbons (Fsp3) is 0.556. The second-order valence-electron chi connectivity index (χ2n) is 9.95. The standard InChI is InChI=1S/C27H41N5O5S/c1-6-16(4)23(26(35)31-22(15(2)3)27(36)37)32-25(34)21(11-12-38-5)30-24(33)19(28)13-17-14-29-20-10-8-7-9-18(17)20/h7-10,14-16,19,21-23,29H,6,11-13,28H2,1-5H3,(H,30,33)(H,31,35)(H,32,34)(H,36,37). The maximum atomic E-state index is 13.3. The molecule has 3 amide bonds. The number of hydrogen-bond donors (Lipinski definition) is 6. The van der Waals surface area contributed by atoms with Crippen LogP contribution < -0.4 is 21.7 Å². The molecule has 5 atom stereocenters. The number of H-pyrrole nitrogens is 1. The monoisotopic (exact) mass is 547 g/mol. The number of carbonyl (C=O) groups is 4. The number of aromatic amines is 1. The van der Waals surface area contributed by atoms with Crippen molar-refractivity contribution in [3.05, 3.63) is 36.0 Å². The number of carbonyl (C=O) groups excluding carboxylic acids is 3. The molecule has 38 heavy (non-hydrogen) atoms. The number of para-hydroxylation sites is 1. The smallest absolute Gasteiger partial charge is 0.326 e. The molecule has 210 valence electrons. The SMILES string of the molecule is CCC(C)C(NC(=O)C(CCSC)NC(=O)C(N)Cc1c[nH]c2ccccc12)C(=O)NC(C(=O)O)C(C)C. The normalized spacial score (nSPS) is 15.3. The Kier molecular flexibility index (Phi) is 12.1. The summed E-state index contributed by atoms with van der Waals surface area (Å²) in [5.74, 6) is -2.68. The molecule has 2 rings (SSSR count). The summed E-state index contributed by atoms with van der Waals surface area (Å²) in [4.78, 5) is 54.1. The molecule has 7 N–H and O–H groups in total. The topological polar surface area (TPSA) is 166 Å². The second-order valence-corrected chi connectivity index (χ2v) is 10.9. The summed E-state index contributed by atoms with van der Waals surface area (Å²) in [6, 6.07) is 3.91. The Balaban J connectivity index is 2.13. The van der Waals surface area contributed by atoms with Crippen molar-refractivity contribution in [1.82, 2.24) is 20.9 Å². The summed E-state index contributed by atoms with van der Waals surface area (Å²) >= 11 is 1.53. The van der Waals surface area contributed by atoms with Crippen LogP contribution in [0.4, 0.5) is 0 Å². The summed E-state index contributed by atoms with van der Waals surface area (Å²) in [5.41, 5.74) is 8.08. The number of amides is 3. The van der Waals surface area contributed by atoms with Gasteiger partial charge in [-0.05, 0) is 48.3 Å². The molecule has 0 bridgehead atoms. The molecule has 10 nitrogen and oxygen atoms in total. The average Bonchev–Trinajstić information content (AvgIpc) is 3.29. The predicted octanol–water partition coefficient (Wildman–Crippen LogP) is 2.03. The van der Waals surface area contributed by atoms with Gasteiger partial charge in [-0.3, -0.25) is 14.4 Å². The van der Waals surface area contributed by atoms with E-state index >= 15 is 0 Å². The van der Waals surface area contributed by atoms with E-state index in [1.165, 1.54) is 11.8 Å².